The van der Waals surface area contributed by atoms with E-state index in [1.807, 2.05) is 12.1 Å². The minimum Gasteiger partial charge on any atom is -0.467 e. The summed E-state index contributed by atoms with van der Waals surface area (Å²) in [5.41, 5.74) is 0. The van der Waals surface area contributed by atoms with E-state index in [2.05, 4.69) is 34.4 Å². The summed E-state index contributed by atoms with van der Waals surface area (Å²) in [6.07, 6.45) is 2.77. The van der Waals surface area contributed by atoms with E-state index in [1.54, 1.807) is 13.3 Å². The largest absolute Gasteiger partial charge is 0.467 e. The first-order valence-electron chi connectivity index (χ1n) is 9.56. The molecule has 8 heteroatoms. The monoisotopic (exact) mass is 494 g/mol. The number of furan rings is 1. The summed E-state index contributed by atoms with van der Waals surface area (Å²) in [6, 6.07) is 3.79. The Hall–Kier alpha value is -0.840. The van der Waals surface area contributed by atoms with Gasteiger partial charge in [-0.2, -0.15) is 0 Å². The van der Waals surface area contributed by atoms with Crippen LogP contribution in [0.3, 0.4) is 0 Å². The van der Waals surface area contributed by atoms with E-state index in [0.717, 1.165) is 57.5 Å². The fraction of sp³-hybridized carbons (Fsp3) is 0.737. The first-order valence-corrected chi connectivity index (χ1v) is 9.56. The van der Waals surface area contributed by atoms with Gasteiger partial charge in [-0.1, -0.05) is 13.8 Å². The Labute approximate surface area is 180 Å². The molecule has 1 aromatic rings. The summed E-state index contributed by atoms with van der Waals surface area (Å²) in [5.74, 6) is 2.35. The van der Waals surface area contributed by atoms with E-state index >= 15 is 0 Å². The van der Waals surface area contributed by atoms with Crippen LogP contribution >= 0.6 is 24.0 Å². The van der Waals surface area contributed by atoms with Gasteiger partial charge in [0.25, 0.3) is 0 Å². The molecule has 1 saturated heterocycles. The Morgan fingerprint density at radius 1 is 1.41 bits per heavy atom. The third kappa shape index (κ3) is 10.3. The first-order chi connectivity index (χ1) is 12.7. The van der Waals surface area contributed by atoms with Gasteiger partial charge in [0, 0.05) is 46.4 Å². The molecule has 0 aliphatic carbocycles. The fourth-order valence-corrected chi connectivity index (χ4v) is 2.97. The smallest absolute Gasteiger partial charge is 0.191 e. The zero-order valence-corrected chi connectivity index (χ0v) is 19.1. The SMILES string of the molecule is CN=C(NCCCOCc1ccco1)NCC1CN(CC(C)C)CCO1.I. The highest BCUT2D eigenvalue weighted by Gasteiger charge is 2.20. The predicted octanol–water partition coefficient (Wildman–Crippen LogP) is 2.33. The number of ether oxygens (including phenoxy) is 2. The number of morpholine rings is 1. The summed E-state index contributed by atoms with van der Waals surface area (Å²) in [4.78, 5) is 6.75. The van der Waals surface area contributed by atoms with Crippen LogP contribution in [0.25, 0.3) is 0 Å². The second-order valence-corrected chi connectivity index (χ2v) is 7.01. The van der Waals surface area contributed by atoms with Crippen molar-refractivity contribution < 1.29 is 13.9 Å². The topological polar surface area (TPSA) is 71.3 Å². The van der Waals surface area contributed by atoms with E-state index in [4.69, 9.17) is 13.9 Å². The molecule has 2 rings (SSSR count). The molecule has 2 heterocycles. The molecule has 2 N–H and O–H groups in total. The molecule has 27 heavy (non-hydrogen) atoms. The van der Waals surface area contributed by atoms with Gasteiger partial charge in [-0.05, 0) is 24.5 Å². The van der Waals surface area contributed by atoms with Crippen LogP contribution < -0.4 is 10.6 Å². The maximum Gasteiger partial charge on any atom is 0.191 e. The summed E-state index contributed by atoms with van der Waals surface area (Å²) in [6.45, 7) is 11.2. The molecule has 156 valence electrons. The number of guanidine groups is 1. The molecule has 1 atom stereocenters. The Balaban J connectivity index is 0.00000364. The lowest BCUT2D eigenvalue weighted by Gasteiger charge is -2.34. The lowest BCUT2D eigenvalue weighted by Crippen LogP contribution is -2.50. The van der Waals surface area contributed by atoms with E-state index in [9.17, 15) is 0 Å². The average molecular weight is 494 g/mol. The maximum atomic E-state index is 5.86. The van der Waals surface area contributed by atoms with Crippen molar-refractivity contribution in [2.24, 2.45) is 10.9 Å². The Kier molecular flexibility index (Phi) is 12.7. The number of hydrogen-bond acceptors (Lipinski definition) is 5. The van der Waals surface area contributed by atoms with Gasteiger partial charge in [-0.3, -0.25) is 9.89 Å². The average Bonchev–Trinajstić information content (AvgIpc) is 3.13. The molecule has 1 aliphatic rings. The molecule has 0 aromatic carbocycles. The van der Waals surface area contributed by atoms with Crippen LogP contribution in [0.4, 0.5) is 0 Å². The number of halogens is 1. The van der Waals surface area contributed by atoms with Crippen LogP contribution in [-0.2, 0) is 16.1 Å². The van der Waals surface area contributed by atoms with Crippen molar-refractivity contribution in [2.45, 2.75) is 33.0 Å². The number of nitrogens with one attached hydrogen (secondary N) is 2. The van der Waals surface area contributed by atoms with Crippen molar-refractivity contribution in [3.8, 4) is 0 Å². The Morgan fingerprint density at radius 2 is 2.26 bits per heavy atom. The van der Waals surface area contributed by atoms with E-state index < -0.39 is 0 Å². The highest BCUT2D eigenvalue weighted by molar-refractivity contribution is 14.0. The van der Waals surface area contributed by atoms with E-state index in [0.29, 0.717) is 19.1 Å². The molecule has 7 nitrogen and oxygen atoms in total. The van der Waals surface area contributed by atoms with Crippen molar-refractivity contribution in [3.63, 3.8) is 0 Å². The summed E-state index contributed by atoms with van der Waals surface area (Å²) < 4.78 is 16.7. The molecule has 1 fully saturated rings. The zero-order valence-electron chi connectivity index (χ0n) is 16.8. The van der Waals surface area contributed by atoms with Gasteiger partial charge in [-0.15, -0.1) is 24.0 Å². The van der Waals surface area contributed by atoms with Crippen molar-refractivity contribution in [3.05, 3.63) is 24.2 Å². The summed E-state index contributed by atoms with van der Waals surface area (Å²) in [7, 11) is 1.79. The molecule has 0 radical (unpaired) electrons. The molecule has 0 bridgehead atoms. The van der Waals surface area contributed by atoms with Gasteiger partial charge in [0.15, 0.2) is 5.96 Å². The quantitative estimate of drug-likeness (QED) is 0.225. The van der Waals surface area contributed by atoms with Crippen LogP contribution in [-0.4, -0.2) is 69.9 Å². The number of hydrogen-bond donors (Lipinski definition) is 2. The van der Waals surface area contributed by atoms with Crippen LogP contribution in [0.1, 0.15) is 26.0 Å². The molecule has 1 aliphatic heterocycles. The van der Waals surface area contributed by atoms with E-state index in [1.165, 1.54) is 0 Å². The highest BCUT2D eigenvalue weighted by Crippen LogP contribution is 2.07. The summed E-state index contributed by atoms with van der Waals surface area (Å²) in [5, 5.41) is 6.67. The predicted molar refractivity (Wildman–Crippen MR) is 119 cm³/mol. The van der Waals surface area contributed by atoms with Gasteiger partial charge in [-0.25, -0.2) is 0 Å². The molecule has 0 saturated carbocycles. The zero-order chi connectivity index (χ0) is 18.6. The van der Waals surface area contributed by atoms with Gasteiger partial charge in [0.2, 0.25) is 0 Å². The molecular formula is C19H35IN4O3. The van der Waals surface area contributed by atoms with E-state index in [-0.39, 0.29) is 30.1 Å². The van der Waals surface area contributed by atoms with Crippen molar-refractivity contribution in [2.75, 3.05) is 53.0 Å². The Bertz CT molecular complexity index is 511. The lowest BCUT2D eigenvalue weighted by atomic mass is 10.2. The van der Waals surface area contributed by atoms with Gasteiger partial charge < -0.3 is 24.5 Å². The number of aliphatic imine (C=N–C) groups is 1. The van der Waals surface area contributed by atoms with Crippen LogP contribution in [0.2, 0.25) is 0 Å². The molecular weight excluding hydrogens is 459 g/mol. The molecule has 1 aromatic heterocycles. The highest BCUT2D eigenvalue weighted by atomic mass is 127. The molecule has 0 spiro atoms. The van der Waals surface area contributed by atoms with Gasteiger partial charge in [0.05, 0.1) is 19.0 Å². The first kappa shape index (κ1) is 24.2. The van der Waals surface area contributed by atoms with Crippen molar-refractivity contribution in [1.29, 1.82) is 0 Å². The minimum absolute atomic E-state index is 0. The maximum absolute atomic E-state index is 5.86. The molecule has 1 unspecified atom stereocenters. The third-order valence-corrected chi connectivity index (χ3v) is 4.15. The third-order valence-electron chi connectivity index (χ3n) is 4.15. The minimum atomic E-state index is 0. The van der Waals surface area contributed by atoms with Gasteiger partial charge >= 0.3 is 0 Å². The number of rotatable bonds is 10. The van der Waals surface area contributed by atoms with Crippen LogP contribution in [0.15, 0.2) is 27.8 Å². The standard InChI is InChI=1S/C19H34N4O3.HI/c1-16(2)13-23-8-11-26-18(14-23)12-22-19(20-3)21-7-5-9-24-15-17-6-4-10-25-17;/h4,6,10,16,18H,5,7-9,11-15H2,1-3H3,(H2,20,21,22);1H. The fourth-order valence-electron chi connectivity index (χ4n) is 2.97. The summed E-state index contributed by atoms with van der Waals surface area (Å²) >= 11 is 0. The second-order valence-electron chi connectivity index (χ2n) is 7.01. The second kappa shape index (κ2) is 14.2. The Morgan fingerprint density at radius 3 is 2.96 bits per heavy atom. The normalized spacial score (nSPS) is 18.4. The molecule has 0 amide bonds. The van der Waals surface area contributed by atoms with Crippen LogP contribution in [0.5, 0.6) is 0 Å². The van der Waals surface area contributed by atoms with Gasteiger partial charge in [0.1, 0.15) is 12.4 Å². The van der Waals surface area contributed by atoms with Crippen LogP contribution in [0, 0.1) is 5.92 Å². The van der Waals surface area contributed by atoms with Crippen molar-refractivity contribution >= 4 is 29.9 Å². The van der Waals surface area contributed by atoms with Crippen molar-refractivity contribution in [1.82, 2.24) is 15.5 Å². The number of nitrogens with zero attached hydrogens (tertiary/aromatic N) is 2. The lowest BCUT2D eigenvalue weighted by molar-refractivity contribution is -0.0284.